The summed E-state index contributed by atoms with van der Waals surface area (Å²) in [5.74, 6) is 0. The summed E-state index contributed by atoms with van der Waals surface area (Å²) in [6.45, 7) is 4.55. The molecular formula is C43H30O. The Balaban J connectivity index is 1.39. The van der Waals surface area contributed by atoms with Crippen molar-refractivity contribution in [2.45, 2.75) is 6.42 Å². The number of para-hydroxylation sites is 2. The minimum absolute atomic E-state index is 0.803. The van der Waals surface area contributed by atoms with E-state index in [4.69, 9.17) is 4.42 Å². The monoisotopic (exact) mass is 562 g/mol. The lowest BCUT2D eigenvalue weighted by Gasteiger charge is -2.14. The molecule has 8 rings (SSSR count). The molecule has 0 fully saturated rings. The van der Waals surface area contributed by atoms with E-state index in [1.54, 1.807) is 0 Å². The highest BCUT2D eigenvalue weighted by molar-refractivity contribution is 6.09. The summed E-state index contributed by atoms with van der Waals surface area (Å²) in [6, 6.07) is 47.6. The lowest BCUT2D eigenvalue weighted by Crippen LogP contribution is -2.30. The molecule has 0 spiro atoms. The fourth-order valence-corrected chi connectivity index (χ4v) is 6.57. The van der Waals surface area contributed by atoms with Crippen molar-refractivity contribution in [1.82, 2.24) is 0 Å². The first-order valence-electron chi connectivity index (χ1n) is 15.1. The van der Waals surface area contributed by atoms with Crippen LogP contribution in [0.5, 0.6) is 0 Å². The van der Waals surface area contributed by atoms with Gasteiger partial charge in [-0.05, 0) is 79.2 Å². The van der Waals surface area contributed by atoms with E-state index >= 15 is 0 Å². The minimum Gasteiger partial charge on any atom is -0.455 e. The number of benzene rings is 6. The number of rotatable bonds is 3. The van der Waals surface area contributed by atoms with Gasteiger partial charge in [0, 0.05) is 16.3 Å². The number of allylic oxidation sites excluding steroid dienone is 5. The van der Waals surface area contributed by atoms with Crippen LogP contribution in [0.4, 0.5) is 0 Å². The Morgan fingerprint density at radius 3 is 2.23 bits per heavy atom. The van der Waals surface area contributed by atoms with E-state index in [1.165, 1.54) is 37.9 Å². The molecule has 1 aliphatic carbocycles. The lowest BCUT2D eigenvalue weighted by atomic mass is 9.90. The van der Waals surface area contributed by atoms with Gasteiger partial charge in [0.15, 0.2) is 0 Å². The normalized spacial score (nSPS) is 17.5. The predicted octanol–water partition coefficient (Wildman–Crippen LogP) is 9.88. The van der Waals surface area contributed by atoms with E-state index in [1.807, 2.05) is 12.1 Å². The summed E-state index contributed by atoms with van der Waals surface area (Å²) < 4.78 is 6.41. The molecule has 44 heavy (non-hydrogen) atoms. The van der Waals surface area contributed by atoms with Gasteiger partial charge in [-0.25, -0.2) is 0 Å². The molecule has 1 heterocycles. The zero-order chi connectivity index (χ0) is 29.5. The zero-order valence-electron chi connectivity index (χ0n) is 24.3. The average Bonchev–Trinajstić information content (AvgIpc) is 3.46. The van der Waals surface area contributed by atoms with Crippen molar-refractivity contribution in [3.8, 4) is 11.1 Å². The number of hydrogen-bond acceptors (Lipinski definition) is 1. The Hall–Kier alpha value is -5.66. The van der Waals surface area contributed by atoms with E-state index in [2.05, 4.69) is 152 Å². The molecule has 0 amide bonds. The smallest absolute Gasteiger partial charge is 0.143 e. The second-order valence-corrected chi connectivity index (χ2v) is 11.3. The van der Waals surface area contributed by atoms with Gasteiger partial charge in [-0.2, -0.15) is 0 Å². The Morgan fingerprint density at radius 1 is 0.545 bits per heavy atom. The molecule has 0 radical (unpaired) electrons. The largest absolute Gasteiger partial charge is 0.455 e. The molecule has 0 unspecified atom stereocenters. The molecule has 0 atom stereocenters. The summed E-state index contributed by atoms with van der Waals surface area (Å²) in [5.41, 5.74) is 9.86. The SMILES string of the molecule is C=C1/C=C\C=C/C/C(c2cccc(-c3cccc4c3oc3ccccc34)c2)=c2/cccc/c2=C/1c1ccc2ccccc2c1. The van der Waals surface area contributed by atoms with Gasteiger partial charge in [0.05, 0.1) is 0 Å². The molecule has 1 heteroatoms. The molecule has 0 aliphatic heterocycles. The molecule has 6 aromatic carbocycles. The van der Waals surface area contributed by atoms with Crippen LogP contribution in [0, 0.1) is 0 Å². The second-order valence-electron chi connectivity index (χ2n) is 11.3. The lowest BCUT2D eigenvalue weighted by molar-refractivity contribution is 0.670. The van der Waals surface area contributed by atoms with Gasteiger partial charge in [-0.15, -0.1) is 0 Å². The van der Waals surface area contributed by atoms with E-state index in [0.717, 1.165) is 50.6 Å². The Bertz CT molecular complexity index is 2430. The maximum Gasteiger partial charge on any atom is 0.143 e. The Morgan fingerprint density at radius 2 is 1.30 bits per heavy atom. The highest BCUT2D eigenvalue weighted by Crippen LogP contribution is 2.36. The minimum atomic E-state index is 0.803. The Kier molecular flexibility index (Phi) is 6.43. The van der Waals surface area contributed by atoms with Gasteiger partial charge >= 0.3 is 0 Å². The number of furan rings is 1. The predicted molar refractivity (Wildman–Crippen MR) is 186 cm³/mol. The van der Waals surface area contributed by atoms with Crippen molar-refractivity contribution < 1.29 is 4.42 Å². The first-order chi connectivity index (χ1) is 21.7. The summed E-state index contributed by atoms with van der Waals surface area (Å²) in [5, 5.41) is 7.15. The summed E-state index contributed by atoms with van der Waals surface area (Å²) in [7, 11) is 0. The van der Waals surface area contributed by atoms with Gasteiger partial charge in [0.2, 0.25) is 0 Å². The zero-order valence-corrected chi connectivity index (χ0v) is 24.3. The van der Waals surface area contributed by atoms with E-state index < -0.39 is 0 Å². The molecule has 0 saturated carbocycles. The fourth-order valence-electron chi connectivity index (χ4n) is 6.57. The van der Waals surface area contributed by atoms with Crippen molar-refractivity contribution in [1.29, 1.82) is 0 Å². The van der Waals surface area contributed by atoms with Crippen LogP contribution in [0.1, 0.15) is 17.5 Å². The molecule has 0 bridgehead atoms. The van der Waals surface area contributed by atoms with Crippen molar-refractivity contribution >= 4 is 43.9 Å². The average molecular weight is 563 g/mol. The van der Waals surface area contributed by atoms with Crippen LogP contribution in [0.2, 0.25) is 0 Å². The van der Waals surface area contributed by atoms with E-state index in [9.17, 15) is 0 Å². The first kappa shape index (κ1) is 26.0. The third-order valence-electron chi connectivity index (χ3n) is 8.67. The van der Waals surface area contributed by atoms with Crippen LogP contribution in [0.15, 0.2) is 174 Å². The maximum atomic E-state index is 6.41. The van der Waals surface area contributed by atoms with E-state index in [0.29, 0.717) is 0 Å². The molecule has 1 nitrogen and oxygen atoms in total. The van der Waals surface area contributed by atoms with E-state index in [-0.39, 0.29) is 0 Å². The number of hydrogen-bond donors (Lipinski definition) is 0. The standard InChI is InChI=1S/C43H30O/c1-29-13-3-2-4-18-35(37-19-7-8-21-39(37)42(29)34-26-25-30-14-5-6-15-31(30)27-34)32-16-11-17-33(28-32)36-22-12-23-40-38-20-9-10-24-41(38)44-43(36)40/h2-17,19-28H,1,18H2/b4-2-,13-3-,37-35+,42-39+. The van der Waals surface area contributed by atoms with Crippen molar-refractivity contribution in [2.75, 3.05) is 0 Å². The van der Waals surface area contributed by atoms with Gasteiger partial charge in [-0.1, -0.05) is 146 Å². The molecule has 0 N–H and O–H groups in total. The van der Waals surface area contributed by atoms with Crippen LogP contribution in [-0.2, 0) is 0 Å². The molecule has 208 valence electrons. The second kappa shape index (κ2) is 10.9. The van der Waals surface area contributed by atoms with Gasteiger partial charge in [0.25, 0.3) is 0 Å². The van der Waals surface area contributed by atoms with Crippen LogP contribution >= 0.6 is 0 Å². The highest BCUT2D eigenvalue weighted by atomic mass is 16.3. The maximum absolute atomic E-state index is 6.41. The van der Waals surface area contributed by atoms with Gasteiger partial charge in [-0.3, -0.25) is 0 Å². The third kappa shape index (κ3) is 4.51. The van der Waals surface area contributed by atoms with Gasteiger partial charge < -0.3 is 4.42 Å². The summed E-state index contributed by atoms with van der Waals surface area (Å²) >= 11 is 0. The first-order valence-corrected chi connectivity index (χ1v) is 15.1. The van der Waals surface area contributed by atoms with Gasteiger partial charge in [0.1, 0.15) is 11.2 Å². The van der Waals surface area contributed by atoms with Crippen molar-refractivity contribution in [2.24, 2.45) is 0 Å². The Labute approximate surface area is 256 Å². The topological polar surface area (TPSA) is 13.1 Å². The molecule has 1 aliphatic rings. The summed E-state index contributed by atoms with van der Waals surface area (Å²) in [6.07, 6.45) is 9.40. The summed E-state index contributed by atoms with van der Waals surface area (Å²) in [4.78, 5) is 0. The van der Waals surface area contributed by atoms with Crippen molar-refractivity contribution in [3.63, 3.8) is 0 Å². The molecular weight excluding hydrogens is 532 g/mol. The van der Waals surface area contributed by atoms with Crippen LogP contribution in [0.25, 0.3) is 55.0 Å². The quantitative estimate of drug-likeness (QED) is 0.209. The number of fused-ring (bicyclic) bond motifs is 5. The molecule has 1 aromatic heterocycles. The highest BCUT2D eigenvalue weighted by Gasteiger charge is 2.14. The fraction of sp³-hybridized carbons (Fsp3) is 0.0233. The van der Waals surface area contributed by atoms with Crippen LogP contribution in [-0.4, -0.2) is 0 Å². The molecule has 7 aromatic rings. The third-order valence-corrected chi connectivity index (χ3v) is 8.67. The van der Waals surface area contributed by atoms with Crippen LogP contribution < -0.4 is 10.4 Å². The van der Waals surface area contributed by atoms with Crippen molar-refractivity contribution in [3.05, 3.63) is 191 Å². The molecule has 0 saturated heterocycles. The van der Waals surface area contributed by atoms with Crippen LogP contribution in [0.3, 0.4) is 0 Å².